The van der Waals surface area contributed by atoms with E-state index in [1.807, 2.05) is 35.2 Å². The highest BCUT2D eigenvalue weighted by atomic mass is 32.1. The maximum Gasteiger partial charge on any atom is 0.260 e. The molecule has 2 aromatic carbocycles. The predicted octanol–water partition coefficient (Wildman–Crippen LogP) is 4.79. The number of aryl methyl sites for hydroxylation is 1. The predicted molar refractivity (Wildman–Crippen MR) is 122 cm³/mol. The van der Waals surface area contributed by atoms with E-state index in [-0.39, 0.29) is 17.9 Å². The van der Waals surface area contributed by atoms with Crippen LogP contribution in [0.25, 0.3) is 22.1 Å². The highest BCUT2D eigenvalue weighted by molar-refractivity contribution is 7.10. The van der Waals surface area contributed by atoms with Crippen LogP contribution in [0.15, 0.2) is 69.2 Å². The third-order valence-electron chi connectivity index (χ3n) is 5.63. The van der Waals surface area contributed by atoms with Crippen molar-refractivity contribution in [1.29, 1.82) is 0 Å². The normalized spacial score (nSPS) is 13.3. The lowest BCUT2D eigenvalue weighted by atomic mass is 10.0. The van der Waals surface area contributed by atoms with Gasteiger partial charge < -0.3 is 14.1 Å². The SMILES string of the molecule is Cc1oc2cc(OCC(=O)N3CCc4sccc4C3)ccc2c(=O)c1-c1ccccc1. The van der Waals surface area contributed by atoms with Crippen LogP contribution in [0.1, 0.15) is 16.2 Å². The van der Waals surface area contributed by atoms with Crippen LogP contribution >= 0.6 is 11.3 Å². The molecule has 5 rings (SSSR count). The first kappa shape index (κ1) is 19.6. The number of nitrogens with zero attached hydrogens (tertiary/aromatic N) is 1. The van der Waals surface area contributed by atoms with Crippen LogP contribution in [0.4, 0.5) is 0 Å². The molecule has 0 spiro atoms. The van der Waals surface area contributed by atoms with Gasteiger partial charge >= 0.3 is 0 Å². The summed E-state index contributed by atoms with van der Waals surface area (Å²) in [6.07, 6.45) is 0.892. The van der Waals surface area contributed by atoms with Gasteiger partial charge in [-0.05, 0) is 48.1 Å². The van der Waals surface area contributed by atoms with Crippen LogP contribution in [-0.4, -0.2) is 24.0 Å². The van der Waals surface area contributed by atoms with E-state index in [1.165, 1.54) is 10.4 Å². The molecular weight excluding hydrogens is 410 g/mol. The molecule has 0 atom stereocenters. The zero-order chi connectivity index (χ0) is 21.4. The molecule has 6 heteroatoms. The fraction of sp³-hybridized carbons (Fsp3) is 0.200. The molecule has 0 aliphatic carbocycles. The lowest BCUT2D eigenvalue weighted by Crippen LogP contribution is -2.38. The molecular formula is C25H21NO4S. The second-order valence-corrected chi connectivity index (χ2v) is 8.61. The summed E-state index contributed by atoms with van der Waals surface area (Å²) in [5.74, 6) is 1.01. The average Bonchev–Trinajstić information content (AvgIpc) is 3.26. The molecule has 0 saturated carbocycles. The van der Waals surface area contributed by atoms with Gasteiger partial charge in [-0.15, -0.1) is 11.3 Å². The molecule has 3 heterocycles. The van der Waals surface area contributed by atoms with Gasteiger partial charge in [-0.3, -0.25) is 9.59 Å². The molecule has 0 saturated heterocycles. The Bertz CT molecular complexity index is 1320. The van der Waals surface area contributed by atoms with Crippen molar-refractivity contribution in [3.05, 3.63) is 86.4 Å². The molecule has 156 valence electrons. The summed E-state index contributed by atoms with van der Waals surface area (Å²) < 4.78 is 11.7. The summed E-state index contributed by atoms with van der Waals surface area (Å²) in [5.41, 5.74) is 2.99. The molecule has 0 N–H and O–H groups in total. The number of benzene rings is 2. The molecule has 31 heavy (non-hydrogen) atoms. The Morgan fingerprint density at radius 3 is 2.84 bits per heavy atom. The number of amides is 1. The maximum atomic E-state index is 13.1. The fourth-order valence-corrected chi connectivity index (χ4v) is 4.90. The first-order valence-electron chi connectivity index (χ1n) is 10.2. The molecule has 1 aliphatic heterocycles. The van der Waals surface area contributed by atoms with Gasteiger partial charge in [0.05, 0.1) is 10.9 Å². The van der Waals surface area contributed by atoms with Crippen LogP contribution < -0.4 is 10.2 Å². The summed E-state index contributed by atoms with van der Waals surface area (Å²) >= 11 is 1.75. The van der Waals surface area contributed by atoms with E-state index in [2.05, 4.69) is 11.4 Å². The van der Waals surface area contributed by atoms with E-state index in [4.69, 9.17) is 9.15 Å². The molecule has 1 amide bonds. The van der Waals surface area contributed by atoms with Gasteiger partial charge in [0.1, 0.15) is 17.1 Å². The first-order valence-corrected chi connectivity index (χ1v) is 11.1. The summed E-state index contributed by atoms with van der Waals surface area (Å²) in [7, 11) is 0. The van der Waals surface area contributed by atoms with Gasteiger partial charge in [-0.2, -0.15) is 0 Å². The number of hydrogen-bond acceptors (Lipinski definition) is 5. The van der Waals surface area contributed by atoms with Crippen molar-refractivity contribution in [2.45, 2.75) is 19.9 Å². The average molecular weight is 432 g/mol. The van der Waals surface area contributed by atoms with Crippen LogP contribution in [0, 0.1) is 6.92 Å². The maximum absolute atomic E-state index is 13.1. The van der Waals surface area contributed by atoms with Crippen molar-refractivity contribution in [2.75, 3.05) is 13.2 Å². The third kappa shape index (κ3) is 3.75. The Labute approximate surface area is 183 Å². The number of fused-ring (bicyclic) bond motifs is 2. The van der Waals surface area contributed by atoms with Gasteiger partial charge in [-0.25, -0.2) is 0 Å². The number of rotatable bonds is 4. The Morgan fingerprint density at radius 2 is 2.00 bits per heavy atom. The Kier molecular flexibility index (Phi) is 5.08. The molecule has 2 aromatic heterocycles. The number of thiophene rings is 1. The van der Waals surface area contributed by atoms with E-state index in [0.717, 1.165) is 12.0 Å². The Balaban J connectivity index is 1.35. The largest absolute Gasteiger partial charge is 0.484 e. The fourth-order valence-electron chi connectivity index (χ4n) is 4.01. The Morgan fingerprint density at radius 1 is 1.16 bits per heavy atom. The summed E-state index contributed by atoms with van der Waals surface area (Å²) in [4.78, 5) is 28.8. The molecule has 0 bridgehead atoms. The lowest BCUT2D eigenvalue weighted by molar-refractivity contribution is -0.134. The number of ether oxygens (including phenoxy) is 1. The Hall–Kier alpha value is -3.38. The van der Waals surface area contributed by atoms with Crippen molar-refractivity contribution in [3.63, 3.8) is 0 Å². The summed E-state index contributed by atoms with van der Waals surface area (Å²) in [6, 6.07) is 16.7. The minimum Gasteiger partial charge on any atom is -0.484 e. The van der Waals surface area contributed by atoms with Crippen LogP contribution in [0.5, 0.6) is 5.75 Å². The van der Waals surface area contributed by atoms with Crippen molar-refractivity contribution in [2.24, 2.45) is 0 Å². The standard InChI is InChI=1S/C25H21NO4S/c1-16-24(17-5-3-2-4-6-17)25(28)20-8-7-19(13-21(20)30-16)29-15-23(27)26-11-9-22-18(14-26)10-12-31-22/h2-8,10,12-13H,9,11,14-15H2,1H3. The van der Waals surface area contributed by atoms with Crippen molar-refractivity contribution >= 4 is 28.2 Å². The summed E-state index contributed by atoms with van der Waals surface area (Å²) in [6.45, 7) is 3.09. The van der Waals surface area contributed by atoms with E-state index >= 15 is 0 Å². The number of hydrogen-bond donors (Lipinski definition) is 0. The second-order valence-electron chi connectivity index (χ2n) is 7.61. The van der Waals surface area contributed by atoms with Crippen LogP contribution in [-0.2, 0) is 17.8 Å². The van der Waals surface area contributed by atoms with Crippen LogP contribution in [0.2, 0.25) is 0 Å². The minimum absolute atomic E-state index is 0.0453. The first-order chi connectivity index (χ1) is 15.1. The molecule has 5 nitrogen and oxygen atoms in total. The van der Waals surface area contributed by atoms with Crippen molar-refractivity contribution in [3.8, 4) is 16.9 Å². The molecule has 0 fully saturated rings. The molecule has 1 aliphatic rings. The van der Waals surface area contributed by atoms with Gasteiger partial charge in [0, 0.05) is 24.0 Å². The third-order valence-corrected chi connectivity index (χ3v) is 6.65. The quantitative estimate of drug-likeness (QED) is 0.466. The molecule has 0 radical (unpaired) electrons. The smallest absolute Gasteiger partial charge is 0.260 e. The van der Waals surface area contributed by atoms with E-state index in [0.29, 0.717) is 41.1 Å². The number of carbonyl (C=O) groups is 1. The van der Waals surface area contributed by atoms with E-state index < -0.39 is 0 Å². The van der Waals surface area contributed by atoms with Crippen molar-refractivity contribution in [1.82, 2.24) is 4.90 Å². The monoisotopic (exact) mass is 431 g/mol. The molecule has 4 aromatic rings. The lowest BCUT2D eigenvalue weighted by Gasteiger charge is -2.27. The van der Waals surface area contributed by atoms with Crippen molar-refractivity contribution < 1.29 is 13.9 Å². The zero-order valence-electron chi connectivity index (χ0n) is 17.1. The van der Waals surface area contributed by atoms with Gasteiger partial charge in [0.2, 0.25) is 5.43 Å². The van der Waals surface area contributed by atoms with E-state index in [9.17, 15) is 9.59 Å². The highest BCUT2D eigenvalue weighted by Crippen LogP contribution is 2.27. The number of carbonyl (C=O) groups excluding carboxylic acids is 1. The van der Waals surface area contributed by atoms with Gasteiger partial charge in [0.25, 0.3) is 5.91 Å². The molecule has 0 unspecified atom stereocenters. The van der Waals surface area contributed by atoms with Gasteiger partial charge in [0.15, 0.2) is 6.61 Å². The highest BCUT2D eigenvalue weighted by Gasteiger charge is 2.22. The zero-order valence-corrected chi connectivity index (χ0v) is 17.9. The topological polar surface area (TPSA) is 59.8 Å². The summed E-state index contributed by atoms with van der Waals surface area (Å²) in [5, 5.41) is 2.56. The minimum atomic E-state index is -0.0764. The second kappa shape index (κ2) is 8.04. The van der Waals surface area contributed by atoms with E-state index in [1.54, 1.807) is 36.5 Å². The van der Waals surface area contributed by atoms with Gasteiger partial charge in [-0.1, -0.05) is 30.3 Å². The van der Waals surface area contributed by atoms with Crippen LogP contribution in [0.3, 0.4) is 0 Å².